The molecule has 0 aliphatic rings. The van der Waals surface area contributed by atoms with E-state index in [4.69, 9.17) is 4.74 Å². The maximum Gasteiger partial charge on any atom is 0.262 e. The van der Waals surface area contributed by atoms with Crippen molar-refractivity contribution in [2.24, 2.45) is 0 Å². The number of fused-ring (bicyclic) bond motifs is 1. The molecule has 30 heavy (non-hydrogen) atoms. The van der Waals surface area contributed by atoms with Gasteiger partial charge in [-0.2, -0.15) is 0 Å². The molecule has 0 saturated heterocycles. The van der Waals surface area contributed by atoms with E-state index in [1.54, 1.807) is 10.6 Å². The third-order valence-corrected chi connectivity index (χ3v) is 5.85. The molecule has 2 aromatic carbocycles. The molecule has 6 nitrogen and oxygen atoms in total. The Hall–Kier alpha value is -2.64. The second-order valence-corrected chi connectivity index (χ2v) is 8.29. The summed E-state index contributed by atoms with van der Waals surface area (Å²) < 4.78 is 7.07. The fourth-order valence-corrected chi connectivity index (χ4v) is 4.00. The van der Waals surface area contributed by atoms with E-state index in [1.807, 2.05) is 63.2 Å². The summed E-state index contributed by atoms with van der Waals surface area (Å²) in [4.78, 5) is 30.5. The number of aryl methyl sites for hydroxylation is 1. The summed E-state index contributed by atoms with van der Waals surface area (Å²) in [5.41, 5.74) is 2.33. The average Bonchev–Trinajstić information content (AvgIpc) is 2.74. The molecule has 0 spiro atoms. The number of nitrogens with one attached hydrogen (secondary N) is 1. The summed E-state index contributed by atoms with van der Waals surface area (Å²) in [6.07, 6.45) is 0.700. The molecule has 0 unspecified atom stereocenters. The number of rotatable bonds is 9. The molecule has 1 N–H and O–H groups in total. The third-order valence-electron chi connectivity index (χ3n) is 4.76. The van der Waals surface area contributed by atoms with Crippen molar-refractivity contribution in [3.05, 3.63) is 64.4 Å². The summed E-state index contributed by atoms with van der Waals surface area (Å²) in [7, 11) is 0. The molecule has 1 heterocycles. The first-order valence-corrected chi connectivity index (χ1v) is 11.0. The smallest absolute Gasteiger partial charge is 0.262 e. The van der Waals surface area contributed by atoms with Gasteiger partial charge >= 0.3 is 0 Å². The zero-order valence-corrected chi connectivity index (χ0v) is 18.4. The number of amides is 1. The monoisotopic (exact) mass is 425 g/mol. The van der Waals surface area contributed by atoms with Gasteiger partial charge < -0.3 is 10.1 Å². The predicted molar refractivity (Wildman–Crippen MR) is 122 cm³/mol. The number of carbonyl (C=O) groups excluding carboxylic acids is 1. The van der Waals surface area contributed by atoms with E-state index in [1.165, 1.54) is 11.8 Å². The number of ether oxygens (including phenoxy) is 1. The number of nitrogens with zero attached hydrogens (tertiary/aromatic N) is 2. The fourth-order valence-electron chi connectivity index (χ4n) is 3.06. The lowest BCUT2D eigenvalue weighted by molar-refractivity contribution is -0.115. The van der Waals surface area contributed by atoms with Crippen LogP contribution in [-0.4, -0.2) is 33.9 Å². The largest absolute Gasteiger partial charge is 0.382 e. The van der Waals surface area contributed by atoms with Crippen LogP contribution in [0.4, 0.5) is 5.69 Å². The van der Waals surface area contributed by atoms with Gasteiger partial charge in [-0.3, -0.25) is 14.2 Å². The van der Waals surface area contributed by atoms with Gasteiger partial charge in [0.1, 0.15) is 0 Å². The van der Waals surface area contributed by atoms with Crippen molar-refractivity contribution in [2.45, 2.75) is 44.1 Å². The van der Waals surface area contributed by atoms with Crippen molar-refractivity contribution >= 4 is 34.3 Å². The minimum absolute atomic E-state index is 0.0916. The molecule has 158 valence electrons. The highest BCUT2D eigenvalue weighted by molar-refractivity contribution is 8.00. The molecule has 3 aromatic rings. The van der Waals surface area contributed by atoms with Crippen LogP contribution in [0.2, 0.25) is 0 Å². The van der Waals surface area contributed by atoms with Crippen molar-refractivity contribution in [3.63, 3.8) is 0 Å². The SMILES string of the molecule is CCOCCCn1c(S[C@@H](C)C(=O)Nc2ccccc2C)nc2ccccc2c1=O. The van der Waals surface area contributed by atoms with Crippen LogP contribution >= 0.6 is 11.8 Å². The number of anilines is 1. The molecule has 1 amide bonds. The molecular weight excluding hydrogens is 398 g/mol. The Bertz CT molecular complexity index is 1080. The van der Waals surface area contributed by atoms with Crippen LogP contribution in [0.25, 0.3) is 10.9 Å². The molecule has 0 aliphatic carbocycles. The van der Waals surface area contributed by atoms with E-state index < -0.39 is 5.25 Å². The van der Waals surface area contributed by atoms with E-state index in [-0.39, 0.29) is 11.5 Å². The Morgan fingerprint density at radius 1 is 1.20 bits per heavy atom. The average molecular weight is 426 g/mol. The van der Waals surface area contributed by atoms with Gasteiger partial charge in [0.05, 0.1) is 16.2 Å². The fraction of sp³-hybridized carbons (Fsp3) is 0.348. The minimum Gasteiger partial charge on any atom is -0.382 e. The quantitative estimate of drug-likeness (QED) is 0.315. The molecule has 0 bridgehead atoms. The van der Waals surface area contributed by atoms with Gasteiger partial charge in [0, 0.05) is 25.4 Å². The second kappa shape index (κ2) is 10.4. The van der Waals surface area contributed by atoms with Crippen LogP contribution in [0.3, 0.4) is 0 Å². The van der Waals surface area contributed by atoms with Gasteiger partial charge in [-0.05, 0) is 51.0 Å². The molecule has 7 heteroatoms. The number of hydrogen-bond acceptors (Lipinski definition) is 5. The van der Waals surface area contributed by atoms with Gasteiger partial charge in [0.2, 0.25) is 5.91 Å². The summed E-state index contributed by atoms with van der Waals surface area (Å²) in [5.74, 6) is -0.127. The van der Waals surface area contributed by atoms with Gasteiger partial charge in [-0.1, -0.05) is 42.1 Å². The van der Waals surface area contributed by atoms with Gasteiger partial charge in [0.15, 0.2) is 5.16 Å². The molecular formula is C23H27N3O3S. The normalized spacial score (nSPS) is 12.1. The predicted octanol–water partition coefficient (Wildman–Crippen LogP) is 4.25. The first-order valence-electron chi connectivity index (χ1n) is 10.1. The number of hydrogen-bond donors (Lipinski definition) is 1. The van der Waals surface area contributed by atoms with Crippen LogP contribution < -0.4 is 10.9 Å². The lowest BCUT2D eigenvalue weighted by atomic mass is 10.2. The molecule has 1 atom stereocenters. The first-order chi connectivity index (χ1) is 14.5. The van der Waals surface area contributed by atoms with E-state index in [0.717, 1.165) is 11.3 Å². The lowest BCUT2D eigenvalue weighted by Crippen LogP contribution is -2.27. The molecule has 0 aliphatic heterocycles. The summed E-state index contributed by atoms with van der Waals surface area (Å²) >= 11 is 1.30. The van der Waals surface area contributed by atoms with Crippen molar-refractivity contribution in [1.29, 1.82) is 0 Å². The number of carbonyl (C=O) groups is 1. The third kappa shape index (κ3) is 5.29. The molecule has 1 aromatic heterocycles. The Morgan fingerprint density at radius 2 is 1.93 bits per heavy atom. The standard InChI is InChI=1S/C23H27N3O3S/c1-4-29-15-9-14-26-22(28)18-11-6-8-13-20(18)25-23(26)30-17(3)21(27)24-19-12-7-5-10-16(19)2/h5-8,10-13,17H,4,9,14-15H2,1-3H3,(H,24,27)/t17-/m0/s1. The molecule has 0 radical (unpaired) electrons. The molecule has 0 fully saturated rings. The Balaban J connectivity index is 1.84. The molecule has 0 saturated carbocycles. The van der Waals surface area contributed by atoms with Gasteiger partial charge in [-0.15, -0.1) is 0 Å². The zero-order valence-electron chi connectivity index (χ0n) is 17.6. The van der Waals surface area contributed by atoms with Gasteiger partial charge in [0.25, 0.3) is 5.56 Å². The lowest BCUT2D eigenvalue weighted by Gasteiger charge is -2.17. The van der Waals surface area contributed by atoms with Gasteiger partial charge in [-0.25, -0.2) is 4.98 Å². The Morgan fingerprint density at radius 3 is 2.70 bits per heavy atom. The number of thioether (sulfide) groups is 1. The van der Waals surface area contributed by atoms with E-state index in [9.17, 15) is 9.59 Å². The van der Waals surface area contributed by atoms with Crippen molar-refractivity contribution in [2.75, 3.05) is 18.5 Å². The Kier molecular flexibility index (Phi) is 7.65. The highest BCUT2D eigenvalue weighted by atomic mass is 32.2. The number of benzene rings is 2. The molecule has 3 rings (SSSR count). The van der Waals surface area contributed by atoms with Crippen LogP contribution in [-0.2, 0) is 16.1 Å². The maximum absolute atomic E-state index is 13.1. The van der Waals surface area contributed by atoms with E-state index in [2.05, 4.69) is 10.3 Å². The van der Waals surface area contributed by atoms with Crippen LogP contribution in [0, 0.1) is 6.92 Å². The first kappa shape index (κ1) is 22.1. The number of para-hydroxylation sites is 2. The number of aromatic nitrogens is 2. The second-order valence-electron chi connectivity index (χ2n) is 6.98. The van der Waals surface area contributed by atoms with Crippen LogP contribution in [0.5, 0.6) is 0 Å². The summed E-state index contributed by atoms with van der Waals surface area (Å²) in [5, 5.41) is 3.67. The van der Waals surface area contributed by atoms with E-state index >= 15 is 0 Å². The van der Waals surface area contributed by atoms with Crippen LogP contribution in [0.15, 0.2) is 58.5 Å². The summed E-state index contributed by atoms with van der Waals surface area (Å²) in [6, 6.07) is 15.0. The van der Waals surface area contributed by atoms with Crippen LogP contribution in [0.1, 0.15) is 25.8 Å². The Labute approximate surface area is 180 Å². The van der Waals surface area contributed by atoms with E-state index in [0.29, 0.717) is 42.2 Å². The highest BCUT2D eigenvalue weighted by Gasteiger charge is 2.20. The topological polar surface area (TPSA) is 73.2 Å². The maximum atomic E-state index is 13.1. The zero-order chi connectivity index (χ0) is 21.5. The highest BCUT2D eigenvalue weighted by Crippen LogP contribution is 2.24. The minimum atomic E-state index is -0.421. The summed E-state index contributed by atoms with van der Waals surface area (Å²) in [6.45, 7) is 7.43. The van der Waals surface area contributed by atoms with Crippen molar-refractivity contribution in [3.8, 4) is 0 Å². The van der Waals surface area contributed by atoms with Crippen molar-refractivity contribution in [1.82, 2.24) is 9.55 Å². The van der Waals surface area contributed by atoms with Crippen molar-refractivity contribution < 1.29 is 9.53 Å².